The quantitative estimate of drug-likeness (QED) is 0.534. The number of unbranched alkanes of at least 4 members (excludes halogenated alkanes) is 2. The average Bonchev–Trinajstić information content (AvgIpc) is 3.09. The zero-order valence-corrected chi connectivity index (χ0v) is 13.1. The van der Waals surface area contributed by atoms with E-state index in [4.69, 9.17) is 9.47 Å². The third-order valence-corrected chi connectivity index (χ3v) is 4.67. The number of aliphatic hydroxyl groups excluding tert-OH is 2. The van der Waals surface area contributed by atoms with Crippen LogP contribution in [0.25, 0.3) is 0 Å². The zero-order valence-electron chi connectivity index (χ0n) is 13.1. The van der Waals surface area contributed by atoms with Crippen molar-refractivity contribution in [3.05, 3.63) is 12.2 Å². The maximum absolute atomic E-state index is 10.1. The predicted molar refractivity (Wildman–Crippen MR) is 81.8 cm³/mol. The monoisotopic (exact) mass is 298 g/mol. The first-order valence-electron chi connectivity index (χ1n) is 8.48. The first kappa shape index (κ1) is 16.9. The van der Waals surface area contributed by atoms with Gasteiger partial charge >= 0.3 is 0 Å². The van der Waals surface area contributed by atoms with E-state index < -0.39 is 0 Å². The molecule has 4 nitrogen and oxygen atoms in total. The van der Waals surface area contributed by atoms with E-state index in [1.54, 1.807) is 0 Å². The molecule has 0 aromatic carbocycles. The Morgan fingerprint density at radius 3 is 2.67 bits per heavy atom. The Kier molecular flexibility index (Phi) is 7.17. The highest BCUT2D eigenvalue weighted by molar-refractivity contribution is 5.01. The molecule has 4 heteroatoms. The fourth-order valence-electron chi connectivity index (χ4n) is 3.39. The summed E-state index contributed by atoms with van der Waals surface area (Å²) < 4.78 is 11.0. The predicted octanol–water partition coefficient (Wildman–Crippen LogP) is 2.63. The molecule has 1 heterocycles. The standard InChI is InChI=1S/C17H30O4/c1-2-3-4-5-14(18)7-8-15-13(6-9-16(15)19)12-17-20-10-11-21-17/h7-8,13-19H,2-6,9-12H2,1H3/b8-7+/t13-,14+,15-,16-/m1/s1. The molecule has 0 unspecified atom stereocenters. The highest BCUT2D eigenvalue weighted by Gasteiger charge is 2.35. The van der Waals surface area contributed by atoms with Crippen LogP contribution >= 0.6 is 0 Å². The highest BCUT2D eigenvalue weighted by Crippen LogP contribution is 2.37. The van der Waals surface area contributed by atoms with Gasteiger partial charge in [0, 0.05) is 12.3 Å². The summed E-state index contributed by atoms with van der Waals surface area (Å²) in [7, 11) is 0. The molecule has 2 aliphatic rings. The Labute approximate surface area is 128 Å². The van der Waals surface area contributed by atoms with Crippen LogP contribution in [0.1, 0.15) is 51.9 Å². The number of hydrogen-bond acceptors (Lipinski definition) is 4. The summed E-state index contributed by atoms with van der Waals surface area (Å²) in [5.74, 6) is 0.515. The molecule has 0 bridgehead atoms. The summed E-state index contributed by atoms with van der Waals surface area (Å²) in [6, 6.07) is 0. The Morgan fingerprint density at radius 1 is 1.19 bits per heavy atom. The second-order valence-corrected chi connectivity index (χ2v) is 6.34. The molecule has 0 radical (unpaired) electrons. The van der Waals surface area contributed by atoms with Crippen LogP contribution in [0.4, 0.5) is 0 Å². The Hall–Kier alpha value is -0.420. The second kappa shape index (κ2) is 8.89. The van der Waals surface area contributed by atoms with Crippen LogP contribution in [0.3, 0.4) is 0 Å². The molecule has 0 aromatic rings. The average molecular weight is 298 g/mol. The van der Waals surface area contributed by atoms with Gasteiger partial charge in [0.1, 0.15) is 0 Å². The van der Waals surface area contributed by atoms with Gasteiger partial charge in [-0.2, -0.15) is 0 Å². The van der Waals surface area contributed by atoms with Gasteiger partial charge in [0.25, 0.3) is 0 Å². The lowest BCUT2D eigenvalue weighted by molar-refractivity contribution is -0.0601. The third-order valence-electron chi connectivity index (χ3n) is 4.67. The summed E-state index contributed by atoms with van der Waals surface area (Å²) >= 11 is 0. The van der Waals surface area contributed by atoms with E-state index in [0.29, 0.717) is 19.1 Å². The van der Waals surface area contributed by atoms with Gasteiger partial charge in [0.2, 0.25) is 0 Å². The topological polar surface area (TPSA) is 58.9 Å². The number of aliphatic hydroxyl groups is 2. The Bertz CT molecular complexity index is 312. The van der Waals surface area contributed by atoms with E-state index in [1.807, 2.05) is 12.2 Å². The molecule has 0 amide bonds. The number of ether oxygens (including phenoxy) is 2. The third kappa shape index (κ3) is 5.37. The van der Waals surface area contributed by atoms with Crippen molar-refractivity contribution in [3.8, 4) is 0 Å². The molecular formula is C17H30O4. The molecule has 1 aliphatic carbocycles. The van der Waals surface area contributed by atoms with E-state index in [0.717, 1.165) is 38.5 Å². The minimum absolute atomic E-state index is 0.106. The van der Waals surface area contributed by atoms with Crippen LogP contribution in [0.2, 0.25) is 0 Å². The molecule has 1 saturated heterocycles. The van der Waals surface area contributed by atoms with Gasteiger partial charge in [-0.15, -0.1) is 0 Å². The number of rotatable bonds is 8. The molecule has 1 saturated carbocycles. The Morgan fingerprint density at radius 2 is 1.95 bits per heavy atom. The highest BCUT2D eigenvalue weighted by atomic mass is 16.7. The van der Waals surface area contributed by atoms with E-state index in [2.05, 4.69) is 6.92 Å². The van der Waals surface area contributed by atoms with Gasteiger partial charge < -0.3 is 19.7 Å². The molecular weight excluding hydrogens is 268 g/mol. The van der Waals surface area contributed by atoms with E-state index >= 15 is 0 Å². The lowest BCUT2D eigenvalue weighted by Gasteiger charge is -2.21. The first-order chi connectivity index (χ1) is 10.2. The van der Waals surface area contributed by atoms with Crippen LogP contribution < -0.4 is 0 Å². The fourth-order valence-corrected chi connectivity index (χ4v) is 3.39. The lowest BCUT2D eigenvalue weighted by atomic mass is 9.90. The minimum Gasteiger partial charge on any atom is -0.393 e. The molecule has 1 aliphatic heterocycles. The van der Waals surface area contributed by atoms with Crippen molar-refractivity contribution in [2.45, 2.75) is 70.4 Å². The summed E-state index contributed by atoms with van der Waals surface area (Å²) in [6.45, 7) is 3.52. The molecule has 2 N–H and O–H groups in total. The van der Waals surface area contributed by atoms with Crippen LogP contribution in [0.15, 0.2) is 12.2 Å². The molecule has 21 heavy (non-hydrogen) atoms. The van der Waals surface area contributed by atoms with Gasteiger partial charge in [-0.05, 0) is 25.2 Å². The van der Waals surface area contributed by atoms with Crippen molar-refractivity contribution in [1.82, 2.24) is 0 Å². The SMILES string of the molecule is CCCCC[C@H](O)/C=C/[C@@H]1[C@@H](CC2OCCO2)CC[C@H]1O. The summed E-state index contributed by atoms with van der Waals surface area (Å²) in [5, 5.41) is 20.1. The van der Waals surface area contributed by atoms with E-state index in [1.165, 1.54) is 6.42 Å². The number of hydrogen-bond donors (Lipinski definition) is 2. The van der Waals surface area contributed by atoms with Crippen LogP contribution in [-0.4, -0.2) is 41.9 Å². The first-order valence-corrected chi connectivity index (χ1v) is 8.48. The Balaban J connectivity index is 1.80. The van der Waals surface area contributed by atoms with Gasteiger partial charge in [-0.25, -0.2) is 0 Å². The maximum Gasteiger partial charge on any atom is 0.158 e. The van der Waals surface area contributed by atoms with E-state index in [-0.39, 0.29) is 24.4 Å². The molecule has 122 valence electrons. The lowest BCUT2D eigenvalue weighted by Crippen LogP contribution is -2.22. The van der Waals surface area contributed by atoms with E-state index in [9.17, 15) is 10.2 Å². The van der Waals surface area contributed by atoms with Crippen molar-refractivity contribution >= 4 is 0 Å². The summed E-state index contributed by atoms with van der Waals surface area (Å²) in [4.78, 5) is 0. The van der Waals surface area contributed by atoms with Crippen LogP contribution in [0.5, 0.6) is 0 Å². The largest absolute Gasteiger partial charge is 0.393 e. The second-order valence-electron chi connectivity index (χ2n) is 6.34. The molecule has 2 fully saturated rings. The zero-order chi connectivity index (χ0) is 15.1. The normalized spacial score (nSPS) is 32.2. The van der Waals surface area contributed by atoms with Crippen molar-refractivity contribution < 1.29 is 19.7 Å². The van der Waals surface area contributed by atoms with Gasteiger partial charge in [0.15, 0.2) is 6.29 Å². The van der Waals surface area contributed by atoms with Crippen LogP contribution in [0, 0.1) is 11.8 Å². The molecule has 0 spiro atoms. The van der Waals surface area contributed by atoms with Gasteiger partial charge in [-0.3, -0.25) is 0 Å². The minimum atomic E-state index is -0.385. The van der Waals surface area contributed by atoms with Crippen molar-refractivity contribution in [2.24, 2.45) is 11.8 Å². The van der Waals surface area contributed by atoms with Crippen molar-refractivity contribution in [1.29, 1.82) is 0 Å². The molecule has 0 aromatic heterocycles. The van der Waals surface area contributed by atoms with Gasteiger partial charge in [-0.1, -0.05) is 38.3 Å². The molecule has 2 rings (SSSR count). The smallest absolute Gasteiger partial charge is 0.158 e. The van der Waals surface area contributed by atoms with Crippen molar-refractivity contribution in [3.63, 3.8) is 0 Å². The van der Waals surface area contributed by atoms with Gasteiger partial charge in [0.05, 0.1) is 25.4 Å². The summed E-state index contributed by atoms with van der Waals surface area (Å²) in [6.07, 6.45) is 9.99. The van der Waals surface area contributed by atoms with Crippen molar-refractivity contribution in [2.75, 3.05) is 13.2 Å². The summed E-state index contributed by atoms with van der Waals surface area (Å²) in [5.41, 5.74) is 0. The van der Waals surface area contributed by atoms with Crippen LogP contribution in [-0.2, 0) is 9.47 Å². The molecule has 4 atom stereocenters. The maximum atomic E-state index is 10.1. The fraction of sp³-hybridized carbons (Fsp3) is 0.882.